The predicted molar refractivity (Wildman–Crippen MR) is 201 cm³/mol. The number of hydrogen-bond acceptors (Lipinski definition) is 0. The molecule has 49 heavy (non-hydrogen) atoms. The van der Waals surface area contributed by atoms with Crippen molar-refractivity contribution in [2.45, 2.75) is 111 Å². The molecule has 5 aliphatic rings. The molecule has 1 unspecified atom stereocenters. The Balaban J connectivity index is 0.000000176. The van der Waals surface area contributed by atoms with Crippen molar-refractivity contribution in [1.82, 2.24) is 0 Å². The Kier molecular flexibility index (Phi) is 13.0. The summed E-state index contributed by atoms with van der Waals surface area (Å²) in [4.78, 5) is 0. The molecule has 5 aliphatic carbocycles. The van der Waals surface area contributed by atoms with Gasteiger partial charge in [-0.05, 0) is 72.5 Å². The molecule has 0 radical (unpaired) electrons. The van der Waals surface area contributed by atoms with E-state index in [9.17, 15) is 0 Å². The van der Waals surface area contributed by atoms with Crippen molar-refractivity contribution in [3.8, 4) is 0 Å². The number of fused-ring (bicyclic) bond motifs is 3. The summed E-state index contributed by atoms with van der Waals surface area (Å²) in [7, 11) is 0. The first kappa shape index (κ1) is 40.1. The average Bonchev–Trinajstić information content (AvgIpc) is 3.53. The van der Waals surface area contributed by atoms with Crippen LogP contribution in [0.4, 0.5) is 0 Å². The zero-order chi connectivity index (χ0) is 33.6. The summed E-state index contributed by atoms with van der Waals surface area (Å²) < 4.78 is 2.17. The number of rotatable bonds is 3. The Morgan fingerprint density at radius 1 is 0.755 bits per heavy atom. The molecule has 0 aromatic heterocycles. The molecule has 0 amide bonds. The Morgan fingerprint density at radius 2 is 1.22 bits per heavy atom. The quantitative estimate of drug-likeness (QED) is 0.206. The Morgan fingerprint density at radius 3 is 1.59 bits per heavy atom. The molecule has 0 aliphatic heterocycles. The summed E-state index contributed by atoms with van der Waals surface area (Å²) in [5, 5.41) is 5.48. The van der Waals surface area contributed by atoms with E-state index in [1.165, 1.54) is 74.5 Å². The Hall–Kier alpha value is -1.66. The first-order valence-electron chi connectivity index (χ1n) is 18.2. The topological polar surface area (TPSA) is 0 Å². The molecule has 260 valence electrons. The third-order valence-electron chi connectivity index (χ3n) is 11.5. The first-order valence-corrected chi connectivity index (χ1v) is 19.6. The number of benzene rings is 3. The van der Waals surface area contributed by atoms with Crippen molar-refractivity contribution in [2.24, 2.45) is 29.1 Å². The summed E-state index contributed by atoms with van der Waals surface area (Å²) >= 11 is 1.46. The van der Waals surface area contributed by atoms with E-state index in [-0.39, 0.29) is 35.6 Å². The van der Waals surface area contributed by atoms with Crippen LogP contribution in [0.1, 0.15) is 117 Å². The number of allylic oxidation sites excluding steroid dienone is 4. The molecule has 4 fully saturated rings. The van der Waals surface area contributed by atoms with Gasteiger partial charge in [0.2, 0.25) is 0 Å². The Bertz CT molecular complexity index is 1690. The van der Waals surface area contributed by atoms with Gasteiger partial charge in [-0.15, -0.1) is 39.7 Å². The van der Waals surface area contributed by atoms with Crippen LogP contribution in [0.2, 0.25) is 0 Å². The fraction of sp³-hybridized carbons (Fsp3) is 0.478. The average molecular weight is 771 g/mol. The zero-order valence-corrected chi connectivity index (χ0v) is 35.1. The number of halogens is 2. The van der Waals surface area contributed by atoms with Gasteiger partial charge in [0.1, 0.15) is 0 Å². The van der Waals surface area contributed by atoms with E-state index in [1.807, 2.05) is 6.07 Å². The normalized spacial score (nSPS) is 25.3. The van der Waals surface area contributed by atoms with E-state index >= 15 is 0 Å². The van der Waals surface area contributed by atoms with Gasteiger partial charge in [0.15, 0.2) is 0 Å². The SMILES string of the molecule is CC(C)(C)c1ccc2c(c1)[cH-]c1cc(C(C)(C)C)ccc12.CC1=[C-]C(C)C=C1CC12CC3CC(CC(C3)C1)C2.[Cl-].[Cl-].[Zr+2]=[CH]c1ccccc1. The van der Waals surface area contributed by atoms with Crippen LogP contribution in [0.15, 0.2) is 90.0 Å². The van der Waals surface area contributed by atoms with Crippen molar-refractivity contribution in [3.05, 3.63) is 113 Å². The van der Waals surface area contributed by atoms with Gasteiger partial charge >= 0.3 is 63.8 Å². The molecule has 3 heteroatoms. The fourth-order valence-corrected chi connectivity index (χ4v) is 9.98. The minimum absolute atomic E-state index is 0. The monoisotopic (exact) mass is 768 g/mol. The third kappa shape index (κ3) is 9.42. The van der Waals surface area contributed by atoms with Crippen molar-refractivity contribution in [3.63, 3.8) is 0 Å². The maximum atomic E-state index is 3.57. The summed E-state index contributed by atoms with van der Waals surface area (Å²) in [6.45, 7) is 18.2. The van der Waals surface area contributed by atoms with Crippen LogP contribution in [-0.2, 0) is 35.1 Å². The van der Waals surface area contributed by atoms with Crippen LogP contribution < -0.4 is 24.8 Å². The second-order valence-corrected chi connectivity index (χ2v) is 18.4. The summed E-state index contributed by atoms with van der Waals surface area (Å²) in [6, 6.07) is 26.5. The Labute approximate surface area is 325 Å². The molecule has 0 spiro atoms. The molecule has 4 saturated carbocycles. The predicted octanol–water partition coefficient (Wildman–Crippen LogP) is 6.62. The second kappa shape index (κ2) is 15.9. The van der Waals surface area contributed by atoms with E-state index in [0.29, 0.717) is 11.3 Å². The second-order valence-electron chi connectivity index (χ2n) is 17.6. The van der Waals surface area contributed by atoms with E-state index in [2.05, 4.69) is 138 Å². The van der Waals surface area contributed by atoms with Gasteiger partial charge in [-0.2, -0.15) is 11.6 Å². The van der Waals surface area contributed by atoms with E-state index < -0.39 is 0 Å². The molecule has 0 nitrogen and oxygen atoms in total. The van der Waals surface area contributed by atoms with Crippen LogP contribution in [0, 0.1) is 35.2 Å². The molecule has 0 N–H and O–H groups in total. The van der Waals surface area contributed by atoms with Crippen molar-refractivity contribution in [2.75, 3.05) is 0 Å². The molecule has 4 aromatic carbocycles. The van der Waals surface area contributed by atoms with Gasteiger partial charge in [0, 0.05) is 0 Å². The van der Waals surface area contributed by atoms with Gasteiger partial charge in [-0.3, -0.25) is 6.08 Å². The minimum atomic E-state index is 0. The van der Waals surface area contributed by atoms with Gasteiger partial charge < -0.3 is 24.8 Å². The van der Waals surface area contributed by atoms with Crippen LogP contribution in [-0.4, -0.2) is 3.71 Å². The summed E-state index contributed by atoms with van der Waals surface area (Å²) in [6.07, 6.45) is 16.7. The molecular formula is C46H56Cl2Zr-2. The van der Waals surface area contributed by atoms with Gasteiger partial charge in [-0.25, -0.2) is 5.57 Å². The first-order chi connectivity index (χ1) is 22.2. The molecule has 4 aromatic rings. The molecule has 9 rings (SSSR count). The maximum absolute atomic E-state index is 3.57. The van der Waals surface area contributed by atoms with Crippen LogP contribution in [0.5, 0.6) is 0 Å². The van der Waals surface area contributed by atoms with E-state index in [4.69, 9.17) is 0 Å². The molecule has 4 bridgehead atoms. The van der Waals surface area contributed by atoms with Gasteiger partial charge in [-0.1, -0.05) is 103 Å². The fourth-order valence-electron chi connectivity index (χ4n) is 9.51. The third-order valence-corrected chi connectivity index (χ3v) is 12.3. The number of hydrogen-bond donors (Lipinski definition) is 0. The van der Waals surface area contributed by atoms with Crippen molar-refractivity contribution in [1.29, 1.82) is 0 Å². The van der Waals surface area contributed by atoms with Crippen molar-refractivity contribution < 1.29 is 49.0 Å². The molecular weight excluding hydrogens is 715 g/mol. The molecule has 1 atom stereocenters. The van der Waals surface area contributed by atoms with Crippen LogP contribution in [0.25, 0.3) is 21.5 Å². The molecule has 0 saturated heterocycles. The van der Waals surface area contributed by atoms with Crippen molar-refractivity contribution >= 4 is 25.3 Å². The standard InChI is InChI=1S/C21H25.C18H25.C7H6.2ClH.Zr/c1-20(2,3)16-7-9-18-14(12-16)11-15-13-17(21(4,5)6)8-10-19(15)18;1-12-3-13(2)17(4-12)11-18-8-14-5-15(9-18)7-16(6-14)10-18;1-7-5-3-2-4-6-7;;;/h7-13H,1-6H3;4,12,14-16H,5-11H2,1-2H3;1-6H;2*1H;/q2*-1;;;;+2/p-2. The van der Waals surface area contributed by atoms with Gasteiger partial charge in [0.05, 0.1) is 0 Å². The van der Waals surface area contributed by atoms with E-state index in [1.54, 1.807) is 44.1 Å². The van der Waals surface area contributed by atoms with E-state index in [0.717, 1.165) is 17.8 Å². The van der Waals surface area contributed by atoms with Gasteiger partial charge in [0.25, 0.3) is 0 Å². The molecule has 0 heterocycles. The summed E-state index contributed by atoms with van der Waals surface area (Å²) in [5.41, 5.74) is 8.34. The summed E-state index contributed by atoms with van der Waals surface area (Å²) in [5.74, 6) is 3.82. The van der Waals surface area contributed by atoms with Crippen LogP contribution >= 0.6 is 0 Å². The van der Waals surface area contributed by atoms with Crippen LogP contribution in [0.3, 0.4) is 0 Å². The zero-order valence-electron chi connectivity index (χ0n) is 31.1.